The summed E-state index contributed by atoms with van der Waals surface area (Å²) in [5.41, 5.74) is 1.81. The number of aromatic nitrogens is 3. The second-order valence-corrected chi connectivity index (χ2v) is 14.8. The summed E-state index contributed by atoms with van der Waals surface area (Å²) in [6.07, 6.45) is 2.76. The Kier molecular flexibility index (Phi) is 14.0. The molecule has 4 aromatic rings. The van der Waals surface area contributed by atoms with Crippen LogP contribution >= 0.6 is 42.6 Å². The molecule has 11 nitrogen and oxygen atoms in total. The molecule has 0 saturated heterocycles. The standard InChI is InChI=1S/C34H37Cl2N4O7PS/c1-5-44-33(41)24(4)46-48(43,47-28-10-7-6-8-11-28)17-9-14-38-34(42)45-22-30-39-31(23(2)3)32(40(30)21-25-12-15-37-16-13-25)49-29-19-26(35)18-27(36)20-29/h6-8,10-13,15-16,18-20,23H,4-5,9,14,17,21-22H2,1-3H3,(H,38,42). The number of hydrogen-bond acceptors (Lipinski definition) is 10. The summed E-state index contributed by atoms with van der Waals surface area (Å²) in [6, 6.07) is 17.5. The molecule has 0 saturated carbocycles. The van der Waals surface area contributed by atoms with Crippen molar-refractivity contribution >= 4 is 54.6 Å². The number of esters is 1. The van der Waals surface area contributed by atoms with Gasteiger partial charge in [-0.2, -0.15) is 0 Å². The number of nitrogens with one attached hydrogen (secondary N) is 1. The number of hydrogen-bond donors (Lipinski definition) is 1. The molecule has 2 aromatic heterocycles. The molecule has 0 spiro atoms. The number of para-hydroxylation sites is 1. The van der Waals surface area contributed by atoms with E-state index in [1.165, 1.54) is 11.8 Å². The summed E-state index contributed by atoms with van der Waals surface area (Å²) in [7, 11) is -3.91. The van der Waals surface area contributed by atoms with Crippen LogP contribution in [-0.2, 0) is 36.5 Å². The van der Waals surface area contributed by atoms with E-state index < -0.39 is 25.4 Å². The molecule has 1 atom stereocenters. The van der Waals surface area contributed by atoms with E-state index in [4.69, 9.17) is 46.7 Å². The van der Waals surface area contributed by atoms with Crippen LogP contribution in [0.15, 0.2) is 95.3 Å². The van der Waals surface area contributed by atoms with Gasteiger partial charge < -0.3 is 28.4 Å². The lowest BCUT2D eigenvalue weighted by molar-refractivity contribution is -0.141. The number of pyridine rings is 1. The first-order valence-electron chi connectivity index (χ1n) is 15.4. The van der Waals surface area contributed by atoms with Gasteiger partial charge in [0.15, 0.2) is 6.61 Å². The maximum Gasteiger partial charge on any atom is 0.430 e. The molecule has 0 bridgehead atoms. The molecule has 0 radical (unpaired) electrons. The third-order valence-corrected chi connectivity index (χ3v) is 10.0. The number of nitrogens with zero attached hydrogens (tertiary/aromatic N) is 3. The SMILES string of the molecule is C=C(OP(=O)(CCCNC(=O)OCc1nc(C(C)C)c(Sc2cc(Cl)cc(Cl)c2)n1Cc1ccncc1)Oc1ccccc1)C(=O)OCC. The van der Waals surface area contributed by atoms with E-state index in [1.807, 2.05) is 42.7 Å². The second kappa shape index (κ2) is 18.2. The third kappa shape index (κ3) is 11.6. The second-order valence-electron chi connectivity index (χ2n) is 10.9. The van der Waals surface area contributed by atoms with Gasteiger partial charge in [0.25, 0.3) is 0 Å². The van der Waals surface area contributed by atoms with E-state index in [-0.39, 0.29) is 44.0 Å². The van der Waals surface area contributed by atoms with Crippen molar-refractivity contribution in [1.82, 2.24) is 19.9 Å². The maximum atomic E-state index is 13.6. The topological polar surface area (TPSA) is 131 Å². The van der Waals surface area contributed by atoms with E-state index >= 15 is 0 Å². The molecule has 0 aliphatic rings. The highest BCUT2D eigenvalue weighted by molar-refractivity contribution is 7.99. The molecule has 1 N–H and O–H groups in total. The Morgan fingerprint density at radius 2 is 1.73 bits per heavy atom. The number of rotatable bonds is 17. The van der Waals surface area contributed by atoms with Gasteiger partial charge in [0.1, 0.15) is 16.6 Å². The van der Waals surface area contributed by atoms with Gasteiger partial charge in [-0.3, -0.25) is 4.98 Å². The first-order valence-corrected chi connectivity index (χ1v) is 18.7. The highest BCUT2D eigenvalue weighted by atomic mass is 35.5. The van der Waals surface area contributed by atoms with Gasteiger partial charge in [-0.1, -0.05) is 67.0 Å². The van der Waals surface area contributed by atoms with E-state index in [2.05, 4.69) is 16.9 Å². The monoisotopic (exact) mass is 746 g/mol. The van der Waals surface area contributed by atoms with Crippen molar-refractivity contribution in [2.45, 2.75) is 56.2 Å². The van der Waals surface area contributed by atoms with Gasteiger partial charge >= 0.3 is 19.7 Å². The fraction of sp³-hybridized carbons (Fsp3) is 0.294. The van der Waals surface area contributed by atoms with Crippen molar-refractivity contribution in [2.24, 2.45) is 0 Å². The molecule has 260 valence electrons. The zero-order chi connectivity index (χ0) is 35.4. The van der Waals surface area contributed by atoms with Gasteiger partial charge in [0.2, 0.25) is 5.76 Å². The predicted molar refractivity (Wildman–Crippen MR) is 189 cm³/mol. The lowest BCUT2D eigenvalue weighted by atomic mass is 10.1. The fourth-order valence-electron chi connectivity index (χ4n) is 4.44. The molecular weight excluding hydrogens is 710 g/mol. The third-order valence-electron chi connectivity index (χ3n) is 6.66. The quantitative estimate of drug-likeness (QED) is 0.0367. The first-order chi connectivity index (χ1) is 23.5. The van der Waals surface area contributed by atoms with Crippen LogP contribution in [0.5, 0.6) is 5.75 Å². The number of carbonyl (C=O) groups is 2. The molecule has 1 amide bonds. The number of imidazole rings is 1. The molecular formula is C34H37Cl2N4O7PS. The highest BCUT2D eigenvalue weighted by Crippen LogP contribution is 2.50. The van der Waals surface area contributed by atoms with Crippen molar-refractivity contribution in [3.8, 4) is 5.75 Å². The minimum atomic E-state index is -3.91. The Bertz CT molecular complexity index is 1770. The zero-order valence-electron chi connectivity index (χ0n) is 27.3. The smallest absolute Gasteiger partial charge is 0.430 e. The zero-order valence-corrected chi connectivity index (χ0v) is 30.5. The van der Waals surface area contributed by atoms with Crippen LogP contribution in [-0.4, -0.2) is 45.9 Å². The molecule has 0 aliphatic carbocycles. The molecule has 0 aliphatic heterocycles. The maximum absolute atomic E-state index is 13.6. The Hall–Kier alpha value is -3.96. The molecule has 2 aromatic carbocycles. The minimum Gasteiger partial charge on any atom is -0.460 e. The van der Waals surface area contributed by atoms with Crippen molar-refractivity contribution in [2.75, 3.05) is 19.3 Å². The number of alkyl carbamates (subject to hydrolysis) is 1. The van der Waals surface area contributed by atoms with Gasteiger partial charge in [0.05, 0.1) is 25.0 Å². The number of amides is 1. The molecule has 0 fully saturated rings. The summed E-state index contributed by atoms with van der Waals surface area (Å²) in [5.74, 6) is -0.402. The highest BCUT2D eigenvalue weighted by Gasteiger charge is 2.31. The number of carbonyl (C=O) groups excluding carboxylic acids is 2. The molecule has 4 rings (SSSR count). The van der Waals surface area contributed by atoms with Gasteiger partial charge in [-0.05, 0) is 73.9 Å². The average Bonchev–Trinajstić information content (AvgIpc) is 3.39. The van der Waals surface area contributed by atoms with Gasteiger partial charge in [-0.15, -0.1) is 0 Å². The van der Waals surface area contributed by atoms with Crippen LogP contribution in [0, 0.1) is 0 Å². The number of halogens is 2. The Balaban J connectivity index is 1.44. The summed E-state index contributed by atoms with van der Waals surface area (Å²) < 4.78 is 37.2. The van der Waals surface area contributed by atoms with E-state index in [0.29, 0.717) is 22.4 Å². The van der Waals surface area contributed by atoms with Crippen molar-refractivity contribution in [3.63, 3.8) is 0 Å². The number of benzene rings is 2. The lowest BCUT2D eigenvalue weighted by Gasteiger charge is -2.20. The normalized spacial score (nSPS) is 12.2. The van der Waals surface area contributed by atoms with E-state index in [1.54, 1.807) is 55.7 Å². The first kappa shape index (κ1) is 37.9. The van der Waals surface area contributed by atoms with Crippen LogP contribution in [0.25, 0.3) is 0 Å². The number of ether oxygens (including phenoxy) is 2. The van der Waals surface area contributed by atoms with Crippen molar-refractivity contribution in [1.29, 1.82) is 0 Å². The lowest BCUT2D eigenvalue weighted by Crippen LogP contribution is -2.26. The van der Waals surface area contributed by atoms with Crippen molar-refractivity contribution in [3.05, 3.63) is 113 Å². The van der Waals surface area contributed by atoms with Crippen LogP contribution in [0.1, 0.15) is 50.2 Å². The Morgan fingerprint density at radius 1 is 1.04 bits per heavy atom. The van der Waals surface area contributed by atoms with Gasteiger partial charge in [0, 0.05) is 33.9 Å². The molecule has 49 heavy (non-hydrogen) atoms. The fourth-order valence-corrected chi connectivity index (χ4v) is 7.98. The predicted octanol–water partition coefficient (Wildman–Crippen LogP) is 8.89. The Morgan fingerprint density at radius 3 is 2.39 bits per heavy atom. The summed E-state index contributed by atoms with van der Waals surface area (Å²) in [5, 5.41) is 4.56. The van der Waals surface area contributed by atoms with Crippen LogP contribution in [0.4, 0.5) is 4.79 Å². The largest absolute Gasteiger partial charge is 0.460 e. The van der Waals surface area contributed by atoms with Gasteiger partial charge in [-0.25, -0.2) is 19.1 Å². The average molecular weight is 748 g/mol. The van der Waals surface area contributed by atoms with E-state index in [9.17, 15) is 14.2 Å². The molecule has 15 heteroatoms. The molecule has 2 heterocycles. The minimum absolute atomic E-state index is 0.0550. The van der Waals surface area contributed by atoms with Crippen LogP contribution < -0.4 is 9.84 Å². The van der Waals surface area contributed by atoms with E-state index in [0.717, 1.165) is 21.2 Å². The Labute approximate surface area is 299 Å². The molecule has 1 unspecified atom stereocenters. The van der Waals surface area contributed by atoms with Crippen LogP contribution in [0.3, 0.4) is 0 Å². The summed E-state index contributed by atoms with van der Waals surface area (Å²) in [4.78, 5) is 34.7. The van der Waals surface area contributed by atoms with Crippen LogP contribution in [0.2, 0.25) is 10.0 Å². The summed E-state index contributed by atoms with van der Waals surface area (Å²) in [6.45, 7) is 9.74. The van der Waals surface area contributed by atoms with Crippen molar-refractivity contribution < 1.29 is 32.7 Å². The summed E-state index contributed by atoms with van der Waals surface area (Å²) >= 11 is 14.1.